The summed E-state index contributed by atoms with van der Waals surface area (Å²) in [6.45, 7) is 7.25. The molecule has 0 bridgehead atoms. The van der Waals surface area contributed by atoms with Crippen LogP contribution in [0.25, 0.3) is 0 Å². The van der Waals surface area contributed by atoms with Crippen molar-refractivity contribution in [1.29, 1.82) is 0 Å². The molecule has 1 aliphatic heterocycles. The first-order valence-corrected chi connectivity index (χ1v) is 9.77. The second kappa shape index (κ2) is 8.47. The van der Waals surface area contributed by atoms with Crippen LogP contribution in [-0.4, -0.2) is 35.7 Å². The van der Waals surface area contributed by atoms with Gasteiger partial charge in [-0.1, -0.05) is 42.5 Å². The van der Waals surface area contributed by atoms with E-state index in [1.54, 1.807) is 0 Å². The molecule has 27 heavy (non-hydrogen) atoms. The highest BCUT2D eigenvalue weighted by atomic mass is 16.6. The SMILES string of the molecule is CC(C)(C)OC(=O)N1CCCC1CNc1ccc(Cc2ccccc2)cc1. The van der Waals surface area contributed by atoms with Gasteiger partial charge < -0.3 is 15.0 Å². The van der Waals surface area contributed by atoms with E-state index in [0.717, 1.165) is 38.0 Å². The largest absolute Gasteiger partial charge is 0.444 e. The van der Waals surface area contributed by atoms with Gasteiger partial charge in [-0.15, -0.1) is 0 Å². The number of carbonyl (C=O) groups excluding carboxylic acids is 1. The number of benzene rings is 2. The molecule has 1 unspecified atom stereocenters. The fourth-order valence-electron chi connectivity index (χ4n) is 3.42. The van der Waals surface area contributed by atoms with E-state index in [4.69, 9.17) is 4.74 Å². The van der Waals surface area contributed by atoms with Crippen LogP contribution in [0.5, 0.6) is 0 Å². The zero-order chi connectivity index (χ0) is 19.3. The molecular weight excluding hydrogens is 336 g/mol. The van der Waals surface area contributed by atoms with Gasteiger partial charge in [-0.3, -0.25) is 0 Å². The molecule has 1 heterocycles. The van der Waals surface area contributed by atoms with E-state index in [1.165, 1.54) is 11.1 Å². The Morgan fingerprint density at radius 2 is 1.74 bits per heavy atom. The number of rotatable bonds is 5. The molecule has 4 nitrogen and oxygen atoms in total. The van der Waals surface area contributed by atoms with E-state index < -0.39 is 5.60 Å². The molecule has 1 atom stereocenters. The minimum Gasteiger partial charge on any atom is -0.444 e. The van der Waals surface area contributed by atoms with Crippen molar-refractivity contribution < 1.29 is 9.53 Å². The Morgan fingerprint density at radius 1 is 1.07 bits per heavy atom. The van der Waals surface area contributed by atoms with Crippen LogP contribution in [0, 0.1) is 0 Å². The Bertz CT molecular complexity index is 735. The number of hydrogen-bond acceptors (Lipinski definition) is 3. The minimum absolute atomic E-state index is 0.184. The minimum atomic E-state index is -0.452. The molecular formula is C23H30N2O2. The zero-order valence-corrected chi connectivity index (χ0v) is 16.6. The number of nitrogens with one attached hydrogen (secondary N) is 1. The smallest absolute Gasteiger partial charge is 0.410 e. The molecule has 1 fully saturated rings. The Kier molecular flexibility index (Phi) is 6.04. The van der Waals surface area contributed by atoms with Crippen LogP contribution in [0.15, 0.2) is 54.6 Å². The normalized spacial score (nSPS) is 17.0. The van der Waals surface area contributed by atoms with E-state index in [2.05, 4.69) is 53.8 Å². The third kappa shape index (κ3) is 5.75. The molecule has 1 saturated heterocycles. The number of likely N-dealkylation sites (tertiary alicyclic amines) is 1. The van der Waals surface area contributed by atoms with Crippen LogP contribution in [0.1, 0.15) is 44.7 Å². The topological polar surface area (TPSA) is 41.6 Å². The predicted molar refractivity (Wildman–Crippen MR) is 110 cm³/mol. The number of hydrogen-bond donors (Lipinski definition) is 1. The molecule has 1 aliphatic rings. The molecule has 4 heteroatoms. The zero-order valence-electron chi connectivity index (χ0n) is 16.6. The Balaban J connectivity index is 1.52. The van der Waals surface area contributed by atoms with Crippen molar-refractivity contribution in [2.24, 2.45) is 0 Å². The molecule has 2 aromatic carbocycles. The molecule has 0 saturated carbocycles. The highest BCUT2D eigenvalue weighted by molar-refractivity contribution is 5.69. The Labute approximate surface area is 162 Å². The summed E-state index contributed by atoms with van der Waals surface area (Å²) in [5.41, 5.74) is 3.25. The van der Waals surface area contributed by atoms with Gasteiger partial charge >= 0.3 is 6.09 Å². The van der Waals surface area contributed by atoms with E-state index in [-0.39, 0.29) is 12.1 Å². The highest BCUT2D eigenvalue weighted by Gasteiger charge is 2.31. The first-order valence-electron chi connectivity index (χ1n) is 9.77. The highest BCUT2D eigenvalue weighted by Crippen LogP contribution is 2.22. The van der Waals surface area contributed by atoms with Crippen molar-refractivity contribution in [3.05, 3.63) is 65.7 Å². The molecule has 1 N–H and O–H groups in total. The number of nitrogens with zero attached hydrogens (tertiary/aromatic N) is 1. The maximum absolute atomic E-state index is 12.4. The molecule has 0 radical (unpaired) electrons. The maximum Gasteiger partial charge on any atom is 0.410 e. The average molecular weight is 367 g/mol. The van der Waals surface area contributed by atoms with Crippen molar-refractivity contribution in [2.45, 2.75) is 51.7 Å². The summed E-state index contributed by atoms with van der Waals surface area (Å²) < 4.78 is 5.54. The second-order valence-corrected chi connectivity index (χ2v) is 8.21. The summed E-state index contributed by atoms with van der Waals surface area (Å²) in [6.07, 6.45) is 2.78. The van der Waals surface area contributed by atoms with Crippen molar-refractivity contribution in [3.63, 3.8) is 0 Å². The summed E-state index contributed by atoms with van der Waals surface area (Å²) in [7, 11) is 0. The van der Waals surface area contributed by atoms with Crippen LogP contribution in [-0.2, 0) is 11.2 Å². The van der Waals surface area contributed by atoms with E-state index in [0.29, 0.717) is 0 Å². The van der Waals surface area contributed by atoms with Crippen molar-refractivity contribution in [2.75, 3.05) is 18.4 Å². The predicted octanol–water partition coefficient (Wildman–Crippen LogP) is 5.09. The fraction of sp³-hybridized carbons (Fsp3) is 0.435. The molecule has 0 aliphatic carbocycles. The molecule has 1 amide bonds. The van der Waals surface area contributed by atoms with E-state index >= 15 is 0 Å². The number of ether oxygens (including phenoxy) is 1. The van der Waals surface area contributed by atoms with Crippen LogP contribution < -0.4 is 5.32 Å². The van der Waals surface area contributed by atoms with E-state index in [9.17, 15) is 4.79 Å². The Morgan fingerprint density at radius 3 is 2.41 bits per heavy atom. The van der Waals surface area contributed by atoms with Crippen LogP contribution in [0.4, 0.5) is 10.5 Å². The van der Waals surface area contributed by atoms with Crippen LogP contribution in [0.2, 0.25) is 0 Å². The summed E-state index contributed by atoms with van der Waals surface area (Å²) in [5.74, 6) is 0. The van der Waals surface area contributed by atoms with Gasteiger partial charge in [-0.05, 0) is 63.3 Å². The molecule has 2 aromatic rings. The fourth-order valence-corrected chi connectivity index (χ4v) is 3.42. The van der Waals surface area contributed by atoms with Gasteiger partial charge in [-0.2, -0.15) is 0 Å². The standard InChI is InChI=1S/C23H30N2O2/c1-23(2,3)27-22(26)25-15-7-10-21(25)17-24-20-13-11-19(12-14-20)16-18-8-5-4-6-9-18/h4-6,8-9,11-14,21,24H,7,10,15-17H2,1-3H3. The van der Waals surface area contributed by atoms with Crippen LogP contribution >= 0.6 is 0 Å². The average Bonchev–Trinajstić information content (AvgIpc) is 3.09. The van der Waals surface area contributed by atoms with Gasteiger partial charge in [0, 0.05) is 18.8 Å². The van der Waals surface area contributed by atoms with Crippen LogP contribution in [0.3, 0.4) is 0 Å². The van der Waals surface area contributed by atoms with Gasteiger partial charge in [0.25, 0.3) is 0 Å². The van der Waals surface area contributed by atoms with E-state index in [1.807, 2.05) is 31.7 Å². The van der Waals surface area contributed by atoms with Crippen molar-refractivity contribution in [1.82, 2.24) is 4.90 Å². The number of anilines is 1. The monoisotopic (exact) mass is 366 g/mol. The van der Waals surface area contributed by atoms with Crippen molar-refractivity contribution >= 4 is 11.8 Å². The lowest BCUT2D eigenvalue weighted by atomic mass is 10.0. The van der Waals surface area contributed by atoms with Gasteiger partial charge in [0.15, 0.2) is 0 Å². The Hall–Kier alpha value is -2.49. The lowest BCUT2D eigenvalue weighted by molar-refractivity contribution is 0.0235. The lowest BCUT2D eigenvalue weighted by Gasteiger charge is -2.29. The second-order valence-electron chi connectivity index (χ2n) is 8.21. The molecule has 0 spiro atoms. The maximum atomic E-state index is 12.4. The molecule has 0 aromatic heterocycles. The first-order chi connectivity index (χ1) is 12.9. The third-order valence-electron chi connectivity index (χ3n) is 4.75. The van der Waals surface area contributed by atoms with Gasteiger partial charge in [0.05, 0.1) is 6.04 Å². The first kappa shape index (κ1) is 19.3. The lowest BCUT2D eigenvalue weighted by Crippen LogP contribution is -2.42. The van der Waals surface area contributed by atoms with Gasteiger partial charge in [0.1, 0.15) is 5.60 Å². The molecule has 3 rings (SSSR count). The quantitative estimate of drug-likeness (QED) is 0.801. The number of amides is 1. The number of carbonyl (C=O) groups is 1. The summed E-state index contributed by atoms with van der Waals surface area (Å²) in [4.78, 5) is 14.2. The van der Waals surface area contributed by atoms with Gasteiger partial charge in [0.2, 0.25) is 0 Å². The summed E-state index contributed by atoms with van der Waals surface area (Å²) in [5, 5.41) is 3.48. The van der Waals surface area contributed by atoms with Gasteiger partial charge in [-0.25, -0.2) is 4.79 Å². The summed E-state index contributed by atoms with van der Waals surface area (Å²) in [6, 6.07) is 19.2. The van der Waals surface area contributed by atoms with Crippen molar-refractivity contribution in [3.8, 4) is 0 Å². The molecule has 144 valence electrons. The summed E-state index contributed by atoms with van der Waals surface area (Å²) >= 11 is 0. The third-order valence-corrected chi connectivity index (χ3v) is 4.75.